The maximum Gasteiger partial charge on any atom is 0.246 e. The topological polar surface area (TPSA) is 23.6 Å². The maximum absolute atomic E-state index is 12.3. The molecular weight excluding hydrogens is 343 g/mol. The molecule has 1 heterocycles. The van der Waals surface area contributed by atoms with E-state index in [-0.39, 0.29) is 5.91 Å². The van der Waals surface area contributed by atoms with Crippen molar-refractivity contribution in [2.75, 3.05) is 31.1 Å². The Labute approximate surface area is 152 Å². The SMILES string of the molecule is O=C(/C=C/c1ccc(Cl)cc1Cl)N1CCN(c2ccccc2)CC1. The Morgan fingerprint density at radius 1 is 0.958 bits per heavy atom. The summed E-state index contributed by atoms with van der Waals surface area (Å²) in [5, 5.41) is 1.13. The van der Waals surface area contributed by atoms with Gasteiger partial charge in [-0.15, -0.1) is 0 Å². The molecule has 5 heteroatoms. The number of hydrogen-bond donors (Lipinski definition) is 0. The number of carbonyl (C=O) groups is 1. The Morgan fingerprint density at radius 3 is 2.33 bits per heavy atom. The Morgan fingerprint density at radius 2 is 1.67 bits per heavy atom. The van der Waals surface area contributed by atoms with Gasteiger partial charge in [0.1, 0.15) is 0 Å². The zero-order valence-corrected chi connectivity index (χ0v) is 14.7. The highest BCUT2D eigenvalue weighted by atomic mass is 35.5. The quantitative estimate of drug-likeness (QED) is 0.759. The number of nitrogens with zero attached hydrogens (tertiary/aromatic N) is 2. The monoisotopic (exact) mass is 360 g/mol. The van der Waals surface area contributed by atoms with Crippen molar-refractivity contribution in [3.8, 4) is 0 Å². The van der Waals surface area contributed by atoms with Crippen LogP contribution in [0.4, 0.5) is 5.69 Å². The molecule has 1 saturated heterocycles. The fourth-order valence-corrected chi connectivity index (χ4v) is 3.20. The lowest BCUT2D eigenvalue weighted by molar-refractivity contribution is -0.126. The number of hydrogen-bond acceptors (Lipinski definition) is 2. The van der Waals surface area contributed by atoms with Gasteiger partial charge in [0.25, 0.3) is 0 Å². The van der Waals surface area contributed by atoms with Crippen LogP contribution in [0.25, 0.3) is 6.08 Å². The molecular formula is C19H18Cl2N2O. The van der Waals surface area contributed by atoms with E-state index in [2.05, 4.69) is 17.0 Å². The van der Waals surface area contributed by atoms with Crippen molar-refractivity contribution in [2.45, 2.75) is 0 Å². The second-order valence-electron chi connectivity index (χ2n) is 5.65. The largest absolute Gasteiger partial charge is 0.368 e. The van der Waals surface area contributed by atoms with Gasteiger partial charge in [-0.2, -0.15) is 0 Å². The summed E-state index contributed by atoms with van der Waals surface area (Å²) >= 11 is 12.0. The molecule has 0 spiro atoms. The number of para-hydroxylation sites is 1. The summed E-state index contributed by atoms with van der Waals surface area (Å²) in [6.45, 7) is 3.11. The van der Waals surface area contributed by atoms with Crippen molar-refractivity contribution in [2.24, 2.45) is 0 Å². The van der Waals surface area contributed by atoms with E-state index in [0.29, 0.717) is 23.1 Å². The third-order valence-electron chi connectivity index (χ3n) is 4.08. The van der Waals surface area contributed by atoms with Crippen LogP contribution < -0.4 is 4.90 Å². The number of amides is 1. The molecule has 1 amide bonds. The molecule has 124 valence electrons. The number of anilines is 1. The first-order valence-electron chi connectivity index (χ1n) is 7.85. The molecule has 0 aromatic heterocycles. The van der Waals surface area contributed by atoms with Gasteiger partial charge >= 0.3 is 0 Å². The first kappa shape index (κ1) is 16.9. The predicted octanol–water partition coefficient (Wildman–Crippen LogP) is 4.36. The minimum atomic E-state index is 0.00808. The van der Waals surface area contributed by atoms with Crippen molar-refractivity contribution < 1.29 is 4.79 Å². The molecule has 0 saturated carbocycles. The van der Waals surface area contributed by atoms with Gasteiger partial charge in [0, 0.05) is 48.0 Å². The fraction of sp³-hybridized carbons (Fsp3) is 0.211. The van der Waals surface area contributed by atoms with Crippen LogP contribution in [0.1, 0.15) is 5.56 Å². The van der Waals surface area contributed by atoms with Crippen LogP contribution in [-0.2, 0) is 4.79 Å². The molecule has 24 heavy (non-hydrogen) atoms. The van der Waals surface area contributed by atoms with E-state index in [1.54, 1.807) is 24.3 Å². The van der Waals surface area contributed by atoms with Crippen molar-refractivity contribution >= 4 is 40.9 Å². The van der Waals surface area contributed by atoms with E-state index < -0.39 is 0 Å². The summed E-state index contributed by atoms with van der Waals surface area (Å²) in [5.74, 6) is 0.00808. The van der Waals surface area contributed by atoms with Crippen molar-refractivity contribution in [3.63, 3.8) is 0 Å². The van der Waals surface area contributed by atoms with Crippen molar-refractivity contribution in [3.05, 3.63) is 70.2 Å². The number of rotatable bonds is 3. The van der Waals surface area contributed by atoms with Gasteiger partial charge in [-0.25, -0.2) is 0 Å². The van der Waals surface area contributed by atoms with Crippen LogP contribution in [0.5, 0.6) is 0 Å². The average molecular weight is 361 g/mol. The molecule has 1 aliphatic rings. The van der Waals surface area contributed by atoms with Crippen LogP contribution in [-0.4, -0.2) is 37.0 Å². The second kappa shape index (κ2) is 7.73. The molecule has 3 nitrogen and oxygen atoms in total. The molecule has 0 radical (unpaired) electrons. The smallest absolute Gasteiger partial charge is 0.246 e. The summed E-state index contributed by atoms with van der Waals surface area (Å²) in [5.41, 5.74) is 1.99. The number of carbonyl (C=O) groups excluding carboxylic acids is 1. The third-order valence-corrected chi connectivity index (χ3v) is 4.64. The molecule has 0 aliphatic carbocycles. The van der Waals surface area contributed by atoms with Gasteiger partial charge in [-0.3, -0.25) is 4.79 Å². The Balaban J connectivity index is 1.58. The minimum Gasteiger partial charge on any atom is -0.368 e. The zero-order valence-electron chi connectivity index (χ0n) is 13.2. The molecule has 2 aromatic carbocycles. The summed E-state index contributed by atoms with van der Waals surface area (Å²) in [4.78, 5) is 16.5. The van der Waals surface area contributed by atoms with E-state index >= 15 is 0 Å². The Kier molecular flexibility index (Phi) is 5.44. The third kappa shape index (κ3) is 4.11. The molecule has 0 N–H and O–H groups in total. The van der Waals surface area contributed by atoms with Gasteiger partial charge in [-0.05, 0) is 35.9 Å². The normalized spacial score (nSPS) is 15.1. The van der Waals surface area contributed by atoms with Crippen LogP contribution in [0.2, 0.25) is 10.0 Å². The van der Waals surface area contributed by atoms with Gasteiger partial charge < -0.3 is 9.80 Å². The van der Waals surface area contributed by atoms with Gasteiger partial charge in [0.05, 0.1) is 0 Å². The molecule has 1 fully saturated rings. The number of benzene rings is 2. The predicted molar refractivity (Wildman–Crippen MR) is 101 cm³/mol. The van der Waals surface area contributed by atoms with Crippen LogP contribution in [0.3, 0.4) is 0 Å². The highest BCUT2D eigenvalue weighted by Gasteiger charge is 2.19. The standard InChI is InChI=1S/C19H18Cl2N2O/c20-16-8-6-15(18(21)14-16)7-9-19(24)23-12-10-22(11-13-23)17-4-2-1-3-5-17/h1-9,14H,10-13H2/b9-7+. The van der Waals surface area contributed by atoms with E-state index in [1.165, 1.54) is 5.69 Å². The number of halogens is 2. The first-order valence-corrected chi connectivity index (χ1v) is 8.61. The maximum atomic E-state index is 12.3. The average Bonchev–Trinajstić information content (AvgIpc) is 2.62. The highest BCUT2D eigenvalue weighted by molar-refractivity contribution is 6.35. The van der Waals surface area contributed by atoms with Crippen LogP contribution in [0.15, 0.2) is 54.6 Å². The van der Waals surface area contributed by atoms with Crippen molar-refractivity contribution in [1.82, 2.24) is 4.90 Å². The van der Waals surface area contributed by atoms with E-state index in [4.69, 9.17) is 23.2 Å². The Bertz CT molecular complexity index is 738. The van der Waals surface area contributed by atoms with Crippen LogP contribution in [0, 0.1) is 0 Å². The fourth-order valence-electron chi connectivity index (χ4n) is 2.73. The summed E-state index contributed by atoms with van der Waals surface area (Å²) in [6, 6.07) is 15.5. The van der Waals surface area contributed by atoms with Gasteiger partial charge in [-0.1, -0.05) is 47.5 Å². The van der Waals surface area contributed by atoms with Gasteiger partial charge in [0.2, 0.25) is 5.91 Å². The summed E-state index contributed by atoms with van der Waals surface area (Å²) in [6.07, 6.45) is 3.32. The van der Waals surface area contributed by atoms with E-state index in [0.717, 1.165) is 18.7 Å². The minimum absolute atomic E-state index is 0.00808. The lowest BCUT2D eigenvalue weighted by Crippen LogP contribution is -2.48. The molecule has 2 aromatic rings. The molecule has 3 rings (SSSR count). The van der Waals surface area contributed by atoms with Gasteiger partial charge in [0.15, 0.2) is 0 Å². The lowest BCUT2D eigenvalue weighted by atomic mass is 10.2. The lowest BCUT2D eigenvalue weighted by Gasteiger charge is -2.35. The molecule has 1 aliphatic heterocycles. The van der Waals surface area contributed by atoms with Crippen molar-refractivity contribution in [1.29, 1.82) is 0 Å². The zero-order chi connectivity index (χ0) is 16.9. The van der Waals surface area contributed by atoms with E-state index in [9.17, 15) is 4.79 Å². The second-order valence-corrected chi connectivity index (χ2v) is 6.49. The molecule has 0 bridgehead atoms. The number of piperazine rings is 1. The molecule has 0 unspecified atom stereocenters. The molecule has 0 atom stereocenters. The Hall–Kier alpha value is -1.97. The summed E-state index contributed by atoms with van der Waals surface area (Å²) in [7, 11) is 0. The van der Waals surface area contributed by atoms with E-state index in [1.807, 2.05) is 29.2 Å². The van der Waals surface area contributed by atoms with Crippen LogP contribution >= 0.6 is 23.2 Å². The first-order chi connectivity index (χ1) is 11.6. The summed E-state index contributed by atoms with van der Waals surface area (Å²) < 4.78 is 0. The highest BCUT2D eigenvalue weighted by Crippen LogP contribution is 2.22.